The van der Waals surface area contributed by atoms with Gasteiger partial charge in [0.05, 0.1) is 46.5 Å². The first kappa shape index (κ1) is 74.7. The summed E-state index contributed by atoms with van der Waals surface area (Å²) in [6.07, 6.45) is 9.04. The second-order valence-corrected chi connectivity index (χ2v) is 33.0. The van der Waals surface area contributed by atoms with Gasteiger partial charge in [0.2, 0.25) is 29.5 Å². The van der Waals surface area contributed by atoms with Gasteiger partial charge in [-0.2, -0.15) is 11.8 Å². The number of halogens is 2. The number of hydrogen-bond donors (Lipinski definition) is 5. The average Bonchev–Trinajstić information content (AvgIpc) is 1.60. The number of thiophene rings is 2. The molecule has 5 atom stereocenters. The van der Waals surface area contributed by atoms with Crippen molar-refractivity contribution in [3.63, 3.8) is 0 Å². The molecule has 3 aromatic carbocycles. The predicted molar refractivity (Wildman–Crippen MR) is 406 cm³/mol. The maximum atomic E-state index is 15.0. The normalized spacial score (nSPS) is 16.7. The molecule has 0 saturated carbocycles. The molecule has 0 unspecified atom stereocenters. The summed E-state index contributed by atoms with van der Waals surface area (Å²) in [5.41, 5.74) is 12.4. The SMILES string of the molecule is Cc1ncsc1-c1ccc(CNC(=O)[C@@H]2C[C@@H](O)CN2C(=O)[C@@H](NC(=O)CCCCCCCCCNC(=O)C[C@@H]2N=C(c3ccc(Cl)cc3)c3c(sc(C)c3C)-n3c(C)nnc32)C(C)(C)SCCCCCCNC(=O)C[C@@H]2N=C(c3ccc(Cl)cc3)c3c(sc(C)c3C)-n3c(C)nnc32)cc1. The number of thiazole rings is 1. The Labute approximate surface area is 617 Å². The standard InChI is InChI=1S/C75H90Cl2N14O6S4/c1-43-46(4)100-73-63(43)65(51-26-30-54(76)31-27-51)82-57(69-87-85-48(6)90(69)73)38-61(94)78-34-18-14-12-10-11-13-17-21-60(93)84-68(72(97)89-41-56(92)37-59(89)71(96)80-40-50-22-24-53(25-23-50)67-45(3)81-42-98-67)75(8,9)99-36-20-16-15-19-35-79-62(95)39-58-70-88-86-49(7)91(70)74-64(44(2)47(5)101-74)66(83-58)52-28-32-55(77)33-29-52/h22-33,42,56-59,68,92H,10-21,34-41H2,1-9H3,(H,78,94)(H,79,95)(H,80,96)(H,84,93)/t56-,57+,58+,59+,68-/m1/s1. The molecule has 0 spiro atoms. The Kier molecular flexibility index (Phi) is 25.0. The molecule has 8 heterocycles. The molecule has 0 bridgehead atoms. The maximum Gasteiger partial charge on any atom is 0.247 e. The van der Waals surface area contributed by atoms with Gasteiger partial charge in [0.15, 0.2) is 11.6 Å². The molecule has 11 rings (SSSR count). The van der Waals surface area contributed by atoms with E-state index in [9.17, 15) is 24.3 Å². The summed E-state index contributed by atoms with van der Waals surface area (Å²) in [5, 5.41) is 44.7. The zero-order chi connectivity index (χ0) is 71.6. The number of aryl methyl sites for hydroxylation is 5. The molecule has 20 nitrogen and oxygen atoms in total. The lowest BCUT2D eigenvalue weighted by Gasteiger charge is -2.37. The summed E-state index contributed by atoms with van der Waals surface area (Å²) in [5.74, 6) is 2.17. The zero-order valence-electron chi connectivity index (χ0n) is 58.9. The van der Waals surface area contributed by atoms with Gasteiger partial charge in [0.1, 0.15) is 45.8 Å². The summed E-state index contributed by atoms with van der Waals surface area (Å²) < 4.78 is 3.29. The second kappa shape index (κ2) is 33.8. The molecule has 101 heavy (non-hydrogen) atoms. The Morgan fingerprint density at radius 1 is 0.614 bits per heavy atom. The van der Waals surface area contributed by atoms with Crippen LogP contribution >= 0.6 is 69.0 Å². The van der Waals surface area contributed by atoms with Gasteiger partial charge in [-0.25, -0.2) is 4.98 Å². The van der Waals surface area contributed by atoms with Gasteiger partial charge in [-0.05, 0) is 140 Å². The van der Waals surface area contributed by atoms with Gasteiger partial charge in [0, 0.05) is 85.8 Å². The maximum absolute atomic E-state index is 15.0. The summed E-state index contributed by atoms with van der Waals surface area (Å²) in [6, 6.07) is 20.2. The van der Waals surface area contributed by atoms with Crippen LogP contribution in [0.5, 0.6) is 0 Å². The monoisotopic (exact) mass is 1480 g/mol. The van der Waals surface area contributed by atoms with Crippen molar-refractivity contribution < 1.29 is 29.1 Å². The van der Waals surface area contributed by atoms with Gasteiger partial charge < -0.3 is 31.3 Å². The Bertz CT molecular complexity index is 4350. The fourth-order valence-corrected chi connectivity index (χ4v) is 18.1. The van der Waals surface area contributed by atoms with Crippen molar-refractivity contribution in [2.75, 3.05) is 25.4 Å². The second-order valence-electron chi connectivity index (χ2n) is 27.1. The Hall–Kier alpha value is -7.45. The van der Waals surface area contributed by atoms with Crippen LogP contribution in [0.1, 0.15) is 200 Å². The highest BCUT2D eigenvalue weighted by molar-refractivity contribution is 8.00. The van der Waals surface area contributed by atoms with Crippen LogP contribution < -0.4 is 21.3 Å². The number of amides is 5. The fraction of sp³-hybridized carbons (Fsp3) is 0.467. The number of hydrogen-bond acceptors (Lipinski definition) is 17. The van der Waals surface area contributed by atoms with Crippen LogP contribution in [0.2, 0.25) is 10.0 Å². The third-order valence-electron chi connectivity index (χ3n) is 19.3. The number of aromatic nitrogens is 7. The number of nitrogens with zero attached hydrogens (tertiary/aromatic N) is 10. The van der Waals surface area contributed by atoms with Crippen molar-refractivity contribution in [1.82, 2.24) is 60.7 Å². The number of aliphatic imine (C=N–C) groups is 2. The molecule has 1 saturated heterocycles. The topological polar surface area (TPSA) is 256 Å². The molecule has 1 fully saturated rings. The van der Waals surface area contributed by atoms with E-state index in [1.807, 2.05) is 117 Å². The highest BCUT2D eigenvalue weighted by atomic mass is 35.5. The van der Waals surface area contributed by atoms with Crippen molar-refractivity contribution in [1.29, 1.82) is 0 Å². The number of carbonyl (C=O) groups excluding carboxylic acids is 5. The first-order valence-corrected chi connectivity index (χ1v) is 39.3. The number of aliphatic hydroxyl groups excluding tert-OH is 1. The largest absolute Gasteiger partial charge is 0.391 e. The fourth-order valence-electron chi connectivity index (χ4n) is 13.4. The molecule has 5 aromatic heterocycles. The molecule has 3 aliphatic heterocycles. The lowest BCUT2D eigenvalue weighted by molar-refractivity contribution is -0.142. The quantitative estimate of drug-likeness (QED) is 0.0254. The number of nitrogens with one attached hydrogen (secondary N) is 4. The molecular formula is C75H90Cl2N14O6S4. The van der Waals surface area contributed by atoms with Gasteiger partial charge in [-0.1, -0.05) is 117 Å². The van der Waals surface area contributed by atoms with E-state index in [-0.39, 0.29) is 62.4 Å². The van der Waals surface area contributed by atoms with E-state index in [4.69, 9.17) is 33.2 Å². The summed E-state index contributed by atoms with van der Waals surface area (Å²) in [7, 11) is 0. The Balaban J connectivity index is 0.647. The molecular weight excluding hydrogens is 1390 g/mol. The minimum Gasteiger partial charge on any atom is -0.391 e. The first-order valence-electron chi connectivity index (χ1n) is 35.0. The number of β-amino-alcohol motifs (C(OH)–C–C–N with tert-alkyl or cyclic N) is 1. The van der Waals surface area contributed by atoms with Crippen molar-refractivity contribution >= 4 is 110 Å². The van der Waals surface area contributed by atoms with Crippen LogP contribution in [0.15, 0.2) is 88.3 Å². The number of carbonyl (C=O) groups is 5. The molecule has 26 heteroatoms. The van der Waals surface area contributed by atoms with E-state index in [1.165, 1.54) is 14.7 Å². The van der Waals surface area contributed by atoms with Gasteiger partial charge in [-0.15, -0.1) is 54.4 Å². The number of aliphatic hydroxyl groups is 1. The third kappa shape index (κ3) is 17.8. The van der Waals surface area contributed by atoms with Crippen LogP contribution in [-0.2, 0) is 30.5 Å². The number of benzene rings is 3. The van der Waals surface area contributed by atoms with Gasteiger partial charge in [-0.3, -0.25) is 43.1 Å². The summed E-state index contributed by atoms with van der Waals surface area (Å²) in [4.78, 5) is 90.2. The minimum absolute atomic E-state index is 0.0339. The Morgan fingerprint density at radius 3 is 1.60 bits per heavy atom. The number of thioether (sulfide) groups is 1. The molecule has 8 aromatic rings. The average molecular weight is 1480 g/mol. The molecule has 3 aliphatic rings. The van der Waals surface area contributed by atoms with E-state index in [2.05, 4.69) is 78.9 Å². The van der Waals surface area contributed by atoms with Crippen LogP contribution in [0.3, 0.4) is 0 Å². The van der Waals surface area contributed by atoms with E-state index in [0.29, 0.717) is 47.0 Å². The van der Waals surface area contributed by atoms with E-state index < -0.39 is 40.9 Å². The van der Waals surface area contributed by atoms with Crippen molar-refractivity contribution in [3.8, 4) is 20.4 Å². The van der Waals surface area contributed by atoms with Crippen LogP contribution in [-0.4, -0.2) is 134 Å². The van der Waals surface area contributed by atoms with Crippen molar-refractivity contribution in [3.05, 3.63) is 166 Å². The van der Waals surface area contributed by atoms with Crippen LogP contribution in [0.4, 0.5) is 0 Å². The highest BCUT2D eigenvalue weighted by Crippen LogP contribution is 2.42. The molecule has 0 radical (unpaired) electrons. The third-order valence-corrected chi connectivity index (χ3v) is 24.6. The predicted octanol–water partition coefficient (Wildman–Crippen LogP) is 14.0. The summed E-state index contributed by atoms with van der Waals surface area (Å²) in [6.45, 7) is 19.4. The van der Waals surface area contributed by atoms with Gasteiger partial charge >= 0.3 is 0 Å². The lowest BCUT2D eigenvalue weighted by Crippen LogP contribution is -2.59. The van der Waals surface area contributed by atoms with Crippen molar-refractivity contribution in [2.24, 2.45) is 9.98 Å². The molecule has 534 valence electrons. The number of fused-ring (bicyclic) bond motifs is 6. The van der Waals surface area contributed by atoms with E-state index in [0.717, 1.165) is 152 Å². The van der Waals surface area contributed by atoms with Crippen molar-refractivity contribution in [2.45, 2.75) is 200 Å². The van der Waals surface area contributed by atoms with E-state index in [1.54, 1.807) is 45.8 Å². The summed E-state index contributed by atoms with van der Waals surface area (Å²) >= 11 is 19.1. The minimum atomic E-state index is -0.990. The molecule has 5 amide bonds. The zero-order valence-corrected chi connectivity index (χ0v) is 63.7. The smallest absolute Gasteiger partial charge is 0.247 e. The van der Waals surface area contributed by atoms with E-state index >= 15 is 4.79 Å². The number of rotatable bonds is 31. The number of likely N-dealkylation sites (tertiary alicyclic amines) is 1. The lowest BCUT2D eigenvalue weighted by atomic mass is 9.99. The molecule has 0 aliphatic carbocycles. The first-order chi connectivity index (χ1) is 48.5. The number of unbranched alkanes of at least 4 members (excludes halogenated alkanes) is 9. The van der Waals surface area contributed by atoms with Crippen LogP contribution in [0.25, 0.3) is 20.4 Å². The van der Waals surface area contributed by atoms with Gasteiger partial charge in [0.25, 0.3) is 0 Å². The van der Waals surface area contributed by atoms with Crippen LogP contribution in [0, 0.1) is 48.5 Å². The Morgan fingerprint density at radius 2 is 1.10 bits per heavy atom. The molecule has 5 N–H and O–H groups in total. The highest BCUT2D eigenvalue weighted by Gasteiger charge is 2.46.